The van der Waals surface area contributed by atoms with E-state index in [-0.39, 0.29) is 29.9 Å². The third-order valence-electron chi connectivity index (χ3n) is 4.42. The van der Waals surface area contributed by atoms with Crippen LogP contribution in [0.5, 0.6) is 0 Å². The maximum absolute atomic E-state index is 13.0. The van der Waals surface area contributed by atoms with Crippen molar-refractivity contribution < 1.29 is 9.18 Å². The van der Waals surface area contributed by atoms with Crippen LogP contribution in [0.3, 0.4) is 0 Å². The smallest absolute Gasteiger partial charge is 0.157 e. The van der Waals surface area contributed by atoms with E-state index >= 15 is 0 Å². The Bertz CT molecular complexity index is 935. The van der Waals surface area contributed by atoms with Crippen LogP contribution in [-0.2, 0) is 11.2 Å². The number of halogens is 2. The van der Waals surface area contributed by atoms with Crippen molar-refractivity contribution in [1.82, 2.24) is 14.6 Å². The van der Waals surface area contributed by atoms with Crippen molar-refractivity contribution in [3.8, 4) is 0 Å². The van der Waals surface area contributed by atoms with Crippen LogP contribution >= 0.6 is 11.6 Å². The van der Waals surface area contributed by atoms with Crippen LogP contribution in [-0.4, -0.2) is 20.4 Å². The summed E-state index contributed by atoms with van der Waals surface area (Å²) in [6.07, 6.45) is 1.06. The van der Waals surface area contributed by atoms with Gasteiger partial charge in [-0.1, -0.05) is 23.7 Å². The number of aromatic nitrogens is 3. The summed E-state index contributed by atoms with van der Waals surface area (Å²) >= 11 is 6.21. The fourth-order valence-corrected chi connectivity index (χ4v) is 3.38. The van der Waals surface area contributed by atoms with Crippen LogP contribution in [0, 0.1) is 18.7 Å². The van der Waals surface area contributed by atoms with Crippen molar-refractivity contribution in [3.63, 3.8) is 0 Å². The van der Waals surface area contributed by atoms with Crippen molar-refractivity contribution in [3.05, 3.63) is 64.3 Å². The van der Waals surface area contributed by atoms with Gasteiger partial charge in [0.25, 0.3) is 0 Å². The van der Waals surface area contributed by atoms with Crippen molar-refractivity contribution >= 4 is 23.0 Å². The Morgan fingerprint density at radius 2 is 2.08 bits per heavy atom. The van der Waals surface area contributed by atoms with E-state index < -0.39 is 0 Å². The molecule has 0 amide bonds. The van der Waals surface area contributed by atoms with Gasteiger partial charge in [-0.15, -0.1) is 0 Å². The number of carbonyl (C=O) groups excluding carboxylic acids is 1. The number of Topliss-reactive ketones (excluding diaryl/α,β-unsaturated/α-hetero) is 1. The zero-order valence-corrected chi connectivity index (χ0v) is 13.8. The molecule has 0 radical (unpaired) electrons. The van der Waals surface area contributed by atoms with E-state index in [1.165, 1.54) is 12.1 Å². The van der Waals surface area contributed by atoms with E-state index in [1.807, 2.05) is 13.0 Å². The molecule has 1 fully saturated rings. The molecule has 4 nitrogen and oxygen atoms in total. The number of nitrogens with zero attached hydrogens (tertiary/aromatic N) is 3. The van der Waals surface area contributed by atoms with Crippen molar-refractivity contribution in [2.75, 3.05) is 0 Å². The normalized spacial score (nSPS) is 19.6. The maximum Gasteiger partial charge on any atom is 0.157 e. The fourth-order valence-electron chi connectivity index (χ4n) is 3.13. The summed E-state index contributed by atoms with van der Waals surface area (Å²) in [6, 6.07) is 9.90. The molecule has 0 saturated heterocycles. The quantitative estimate of drug-likeness (QED) is 0.678. The highest BCUT2D eigenvalue weighted by Gasteiger charge is 2.43. The summed E-state index contributed by atoms with van der Waals surface area (Å²) < 4.78 is 14.5. The molecule has 6 heteroatoms. The van der Waals surface area contributed by atoms with E-state index in [2.05, 4.69) is 10.1 Å². The summed E-state index contributed by atoms with van der Waals surface area (Å²) in [5.41, 5.74) is 3.14. The number of hydrogen-bond donors (Lipinski definition) is 0. The van der Waals surface area contributed by atoms with Crippen LogP contribution < -0.4 is 0 Å². The van der Waals surface area contributed by atoms with Gasteiger partial charge in [0.15, 0.2) is 5.65 Å². The van der Waals surface area contributed by atoms with Crippen LogP contribution in [0.2, 0.25) is 5.15 Å². The minimum atomic E-state index is -0.259. The lowest BCUT2D eigenvalue weighted by atomic mass is 10.1. The molecule has 1 aliphatic carbocycles. The summed E-state index contributed by atoms with van der Waals surface area (Å²) in [6.45, 7) is 1.87. The van der Waals surface area contributed by atoms with Crippen molar-refractivity contribution in [2.24, 2.45) is 5.92 Å². The first kappa shape index (κ1) is 15.3. The van der Waals surface area contributed by atoms with E-state index in [0.717, 1.165) is 17.7 Å². The maximum atomic E-state index is 13.0. The van der Waals surface area contributed by atoms with Gasteiger partial charge >= 0.3 is 0 Å². The average Bonchev–Trinajstić information content (AvgIpc) is 3.24. The van der Waals surface area contributed by atoms with Crippen LogP contribution in [0.1, 0.15) is 29.3 Å². The molecule has 1 aromatic carbocycles. The highest BCUT2D eigenvalue weighted by Crippen LogP contribution is 2.48. The molecule has 1 saturated carbocycles. The first-order valence-electron chi connectivity index (χ1n) is 7.81. The molecule has 2 aromatic heterocycles. The predicted molar refractivity (Wildman–Crippen MR) is 88.7 cm³/mol. The number of aryl methyl sites for hydroxylation is 1. The average molecular weight is 344 g/mol. The minimum Gasteiger partial charge on any atom is -0.299 e. The first-order valence-corrected chi connectivity index (χ1v) is 8.19. The Labute approximate surface area is 143 Å². The molecule has 1 aliphatic rings. The molecule has 3 aromatic rings. The second kappa shape index (κ2) is 5.67. The Balaban J connectivity index is 1.50. The monoisotopic (exact) mass is 343 g/mol. The third-order valence-corrected chi connectivity index (χ3v) is 4.69. The van der Waals surface area contributed by atoms with Gasteiger partial charge in [-0.2, -0.15) is 5.10 Å². The molecule has 2 heterocycles. The number of benzene rings is 1. The van der Waals surface area contributed by atoms with Gasteiger partial charge in [0.2, 0.25) is 0 Å². The summed E-state index contributed by atoms with van der Waals surface area (Å²) in [5.74, 6) is 0.0624. The second-order valence-electron chi connectivity index (χ2n) is 6.27. The lowest BCUT2D eigenvalue weighted by molar-refractivity contribution is -0.119. The molecule has 4 rings (SSSR count). The molecule has 122 valence electrons. The van der Waals surface area contributed by atoms with Gasteiger partial charge in [-0.25, -0.2) is 13.9 Å². The number of hydrogen-bond acceptors (Lipinski definition) is 3. The van der Waals surface area contributed by atoms with Crippen molar-refractivity contribution in [2.45, 2.75) is 25.7 Å². The molecule has 24 heavy (non-hydrogen) atoms. The van der Waals surface area contributed by atoms with Crippen LogP contribution in [0.25, 0.3) is 5.65 Å². The highest BCUT2D eigenvalue weighted by molar-refractivity contribution is 6.29. The summed E-state index contributed by atoms with van der Waals surface area (Å²) in [4.78, 5) is 17.0. The molecule has 0 unspecified atom stereocenters. The minimum absolute atomic E-state index is 0.0149. The lowest BCUT2D eigenvalue weighted by Crippen LogP contribution is -2.09. The summed E-state index contributed by atoms with van der Waals surface area (Å²) in [7, 11) is 0. The Kier molecular flexibility index (Phi) is 3.61. The number of rotatable bonds is 4. The van der Waals surface area contributed by atoms with Gasteiger partial charge in [-0.3, -0.25) is 4.79 Å². The Morgan fingerprint density at radius 3 is 2.83 bits per heavy atom. The SMILES string of the molecule is Cc1cc2nc(CC(=O)[C@@H]3C[C@H]3c3ccc(F)cc3)cc(Cl)n2n1. The van der Waals surface area contributed by atoms with E-state index in [0.29, 0.717) is 16.5 Å². The van der Waals surface area contributed by atoms with Gasteiger partial charge in [-0.05, 0) is 43.0 Å². The molecule has 0 N–H and O–H groups in total. The number of ketones is 1. The number of fused-ring (bicyclic) bond motifs is 1. The van der Waals surface area contributed by atoms with Gasteiger partial charge in [0, 0.05) is 18.4 Å². The number of carbonyl (C=O) groups is 1. The lowest BCUT2D eigenvalue weighted by Gasteiger charge is -2.04. The van der Waals surface area contributed by atoms with Gasteiger partial charge < -0.3 is 0 Å². The van der Waals surface area contributed by atoms with E-state index in [1.54, 1.807) is 22.7 Å². The molecule has 2 atom stereocenters. The summed E-state index contributed by atoms with van der Waals surface area (Å²) in [5, 5.41) is 4.69. The Hall–Kier alpha value is -2.27. The Morgan fingerprint density at radius 1 is 1.33 bits per heavy atom. The van der Waals surface area contributed by atoms with Crippen LogP contribution in [0.15, 0.2) is 36.4 Å². The topological polar surface area (TPSA) is 47.3 Å². The van der Waals surface area contributed by atoms with E-state index in [4.69, 9.17) is 11.6 Å². The molecular weight excluding hydrogens is 329 g/mol. The zero-order valence-electron chi connectivity index (χ0n) is 13.0. The predicted octanol–water partition coefficient (Wildman–Crippen LogP) is 3.75. The molecule has 0 aliphatic heterocycles. The van der Waals surface area contributed by atoms with Crippen LogP contribution in [0.4, 0.5) is 4.39 Å². The van der Waals surface area contributed by atoms with Gasteiger partial charge in [0.05, 0.1) is 11.4 Å². The third kappa shape index (κ3) is 2.80. The molecule has 0 bridgehead atoms. The standard InChI is InChI=1S/C18H15ClFN3O/c1-10-6-18-21-13(8-17(19)23(18)22-10)7-16(24)15-9-14(15)11-2-4-12(20)5-3-11/h2-6,8,14-15H,7,9H2,1H3/t14-,15+/m0/s1. The molecular formula is C18H15ClFN3O. The fraction of sp³-hybridized carbons (Fsp3) is 0.278. The largest absolute Gasteiger partial charge is 0.299 e. The first-order chi connectivity index (χ1) is 11.5. The zero-order chi connectivity index (χ0) is 16.8. The van der Waals surface area contributed by atoms with E-state index in [9.17, 15) is 9.18 Å². The van der Waals surface area contributed by atoms with Crippen molar-refractivity contribution in [1.29, 1.82) is 0 Å². The second-order valence-corrected chi connectivity index (χ2v) is 6.66. The highest BCUT2D eigenvalue weighted by atomic mass is 35.5. The van der Waals surface area contributed by atoms with Gasteiger partial charge in [0.1, 0.15) is 16.8 Å². The molecule has 0 spiro atoms.